The van der Waals surface area contributed by atoms with Crippen molar-refractivity contribution in [3.63, 3.8) is 0 Å². The molecule has 4 nitrogen and oxygen atoms in total. The molecule has 1 aliphatic rings. The minimum Gasteiger partial charge on any atom is -0.478 e. The van der Waals surface area contributed by atoms with E-state index in [1.807, 2.05) is 6.07 Å². The third-order valence-electron chi connectivity index (χ3n) is 3.42. The third kappa shape index (κ3) is 4.45. The number of nitrogens with zero attached hydrogens (tertiary/aromatic N) is 1. The first-order chi connectivity index (χ1) is 9.17. The maximum Gasteiger partial charge on any atom is 0.328 e. The molecule has 104 valence electrons. The Labute approximate surface area is 117 Å². The first-order valence-electron chi connectivity index (χ1n) is 6.50. The van der Waals surface area contributed by atoms with Gasteiger partial charge in [0.05, 0.1) is 0 Å². The zero-order chi connectivity index (χ0) is 13.7. The normalized spacial score (nSPS) is 18.2. The van der Waals surface area contributed by atoms with Crippen LogP contribution in [0.3, 0.4) is 0 Å². The van der Waals surface area contributed by atoms with Gasteiger partial charge in [-0.05, 0) is 50.1 Å². The van der Waals surface area contributed by atoms with Gasteiger partial charge in [-0.3, -0.25) is 4.90 Å². The summed E-state index contributed by atoms with van der Waals surface area (Å²) in [7, 11) is 0. The van der Waals surface area contributed by atoms with E-state index in [9.17, 15) is 4.79 Å². The minimum absolute atomic E-state index is 0.303. The Morgan fingerprint density at radius 1 is 1.42 bits per heavy atom. The van der Waals surface area contributed by atoms with Gasteiger partial charge < -0.3 is 10.2 Å². The van der Waals surface area contributed by atoms with Gasteiger partial charge in [0, 0.05) is 29.0 Å². The molecule has 1 aromatic heterocycles. The molecule has 1 aromatic rings. The lowest BCUT2D eigenvalue weighted by Crippen LogP contribution is -2.34. The molecule has 2 rings (SSSR count). The molecule has 5 heteroatoms. The van der Waals surface area contributed by atoms with Crippen LogP contribution >= 0.6 is 11.3 Å². The first-order valence-corrected chi connectivity index (χ1v) is 7.32. The molecule has 1 aliphatic heterocycles. The molecule has 2 heterocycles. The zero-order valence-corrected chi connectivity index (χ0v) is 11.6. The standard InChI is InChI=1S/C14H19NO3S/c16-10-11-5-7-15(8-6-11)9-13-2-1-12(19-13)3-4-14(17)18/h1-4,11,16H,5-10H2,(H,17,18)/b4-3+. The van der Waals surface area contributed by atoms with Crippen molar-refractivity contribution in [2.24, 2.45) is 5.92 Å². The van der Waals surface area contributed by atoms with Gasteiger partial charge in [-0.15, -0.1) is 11.3 Å². The lowest BCUT2D eigenvalue weighted by molar-refractivity contribution is -0.131. The van der Waals surface area contributed by atoms with Gasteiger partial charge in [0.25, 0.3) is 0 Å². The number of rotatable bonds is 5. The van der Waals surface area contributed by atoms with Crippen molar-refractivity contribution in [3.8, 4) is 0 Å². The quantitative estimate of drug-likeness (QED) is 0.811. The Kier molecular flexibility index (Phi) is 5.13. The number of piperidine rings is 1. The number of carbonyl (C=O) groups is 1. The van der Waals surface area contributed by atoms with Crippen LogP contribution < -0.4 is 0 Å². The minimum atomic E-state index is -0.916. The van der Waals surface area contributed by atoms with Crippen molar-refractivity contribution in [1.82, 2.24) is 4.90 Å². The number of hydrogen-bond donors (Lipinski definition) is 2. The van der Waals surface area contributed by atoms with Gasteiger partial charge in [-0.25, -0.2) is 4.79 Å². The summed E-state index contributed by atoms with van der Waals surface area (Å²) in [4.78, 5) is 15.1. The van der Waals surface area contributed by atoms with Crippen LogP contribution in [-0.2, 0) is 11.3 Å². The van der Waals surface area contributed by atoms with E-state index in [-0.39, 0.29) is 0 Å². The van der Waals surface area contributed by atoms with Gasteiger partial charge in [0.1, 0.15) is 0 Å². The lowest BCUT2D eigenvalue weighted by atomic mass is 9.98. The van der Waals surface area contributed by atoms with Gasteiger partial charge in [0.15, 0.2) is 0 Å². The van der Waals surface area contributed by atoms with Crippen molar-refractivity contribution in [2.45, 2.75) is 19.4 Å². The van der Waals surface area contributed by atoms with E-state index in [0.717, 1.165) is 37.4 Å². The van der Waals surface area contributed by atoms with Gasteiger partial charge in [-0.1, -0.05) is 0 Å². The number of aliphatic hydroxyl groups excluding tert-OH is 1. The number of likely N-dealkylation sites (tertiary alicyclic amines) is 1. The van der Waals surface area contributed by atoms with Crippen LogP contribution in [-0.4, -0.2) is 40.8 Å². The molecule has 0 radical (unpaired) electrons. The summed E-state index contributed by atoms with van der Waals surface area (Å²) in [5, 5.41) is 17.7. The second-order valence-corrected chi connectivity index (χ2v) is 6.08. The summed E-state index contributed by atoms with van der Waals surface area (Å²) in [6.07, 6.45) is 4.93. The molecule has 0 atom stereocenters. The van der Waals surface area contributed by atoms with Crippen molar-refractivity contribution in [3.05, 3.63) is 28.0 Å². The van der Waals surface area contributed by atoms with E-state index in [1.165, 1.54) is 11.0 Å². The van der Waals surface area contributed by atoms with Crippen molar-refractivity contribution in [1.29, 1.82) is 0 Å². The third-order valence-corrected chi connectivity index (χ3v) is 4.45. The highest BCUT2D eigenvalue weighted by Crippen LogP contribution is 2.23. The second-order valence-electron chi connectivity index (χ2n) is 4.88. The second kappa shape index (κ2) is 6.84. The molecule has 0 bridgehead atoms. The largest absolute Gasteiger partial charge is 0.478 e. The number of hydrogen-bond acceptors (Lipinski definition) is 4. The molecule has 0 saturated carbocycles. The smallest absolute Gasteiger partial charge is 0.328 e. The van der Waals surface area contributed by atoms with Crippen LogP contribution in [0.2, 0.25) is 0 Å². The molecule has 1 fully saturated rings. The van der Waals surface area contributed by atoms with E-state index in [0.29, 0.717) is 12.5 Å². The summed E-state index contributed by atoms with van der Waals surface area (Å²) in [6, 6.07) is 4.02. The molecule has 2 N–H and O–H groups in total. The molecule has 0 spiro atoms. The van der Waals surface area contributed by atoms with Crippen LogP contribution in [0.5, 0.6) is 0 Å². The molecular formula is C14H19NO3S. The highest BCUT2D eigenvalue weighted by Gasteiger charge is 2.18. The van der Waals surface area contributed by atoms with E-state index < -0.39 is 5.97 Å². The van der Waals surface area contributed by atoms with E-state index in [2.05, 4.69) is 11.0 Å². The zero-order valence-electron chi connectivity index (χ0n) is 10.8. The Morgan fingerprint density at radius 2 is 2.16 bits per heavy atom. The van der Waals surface area contributed by atoms with E-state index >= 15 is 0 Å². The van der Waals surface area contributed by atoms with Gasteiger partial charge in [-0.2, -0.15) is 0 Å². The number of thiophene rings is 1. The number of carboxylic acid groups (broad SMARTS) is 1. The van der Waals surface area contributed by atoms with Crippen molar-refractivity contribution < 1.29 is 15.0 Å². The predicted molar refractivity (Wildman–Crippen MR) is 76.1 cm³/mol. The number of carboxylic acids is 1. The molecule has 0 amide bonds. The summed E-state index contributed by atoms with van der Waals surface area (Å²) in [5.41, 5.74) is 0. The maximum absolute atomic E-state index is 10.4. The topological polar surface area (TPSA) is 60.8 Å². The molecule has 0 aromatic carbocycles. The fraction of sp³-hybridized carbons (Fsp3) is 0.500. The fourth-order valence-corrected chi connectivity index (χ4v) is 3.23. The Morgan fingerprint density at radius 3 is 2.79 bits per heavy atom. The van der Waals surface area contributed by atoms with Crippen LogP contribution in [0, 0.1) is 5.92 Å². The predicted octanol–water partition coefficient (Wildman–Crippen LogP) is 2.05. The summed E-state index contributed by atoms with van der Waals surface area (Å²) >= 11 is 1.63. The van der Waals surface area contributed by atoms with Gasteiger partial charge >= 0.3 is 5.97 Å². The number of aliphatic carboxylic acids is 1. The average molecular weight is 281 g/mol. The molecule has 0 unspecified atom stereocenters. The van der Waals surface area contributed by atoms with Crippen LogP contribution in [0.25, 0.3) is 6.08 Å². The highest BCUT2D eigenvalue weighted by atomic mass is 32.1. The fourth-order valence-electron chi connectivity index (χ4n) is 2.27. The maximum atomic E-state index is 10.4. The molecule has 1 saturated heterocycles. The molecule has 0 aliphatic carbocycles. The van der Waals surface area contributed by atoms with Gasteiger partial charge in [0.2, 0.25) is 0 Å². The summed E-state index contributed by atoms with van der Waals surface area (Å²) in [6.45, 7) is 3.29. The van der Waals surface area contributed by atoms with Crippen molar-refractivity contribution >= 4 is 23.4 Å². The average Bonchev–Trinajstić information content (AvgIpc) is 2.85. The monoisotopic (exact) mass is 281 g/mol. The Bertz CT molecular complexity index is 447. The molecule has 19 heavy (non-hydrogen) atoms. The van der Waals surface area contributed by atoms with E-state index in [4.69, 9.17) is 10.2 Å². The highest BCUT2D eigenvalue weighted by molar-refractivity contribution is 7.12. The number of aliphatic hydroxyl groups is 1. The van der Waals surface area contributed by atoms with E-state index in [1.54, 1.807) is 17.4 Å². The SMILES string of the molecule is O=C(O)/C=C/c1ccc(CN2CCC(CO)CC2)s1. The summed E-state index contributed by atoms with van der Waals surface area (Å²) in [5.74, 6) is -0.449. The first kappa shape index (κ1) is 14.2. The van der Waals surface area contributed by atoms with Crippen LogP contribution in [0.15, 0.2) is 18.2 Å². The van der Waals surface area contributed by atoms with Crippen LogP contribution in [0.1, 0.15) is 22.6 Å². The summed E-state index contributed by atoms with van der Waals surface area (Å²) < 4.78 is 0. The van der Waals surface area contributed by atoms with Crippen LogP contribution in [0.4, 0.5) is 0 Å². The molecular weight excluding hydrogens is 262 g/mol. The lowest BCUT2D eigenvalue weighted by Gasteiger charge is -2.30. The Balaban J connectivity index is 1.85. The van der Waals surface area contributed by atoms with Crippen molar-refractivity contribution in [2.75, 3.05) is 19.7 Å². The Hall–Kier alpha value is -1.17.